The van der Waals surface area contributed by atoms with Crippen LogP contribution in [-0.4, -0.2) is 18.3 Å². The first-order valence-corrected chi connectivity index (χ1v) is 6.22. The van der Waals surface area contributed by atoms with Gasteiger partial charge in [0.1, 0.15) is 0 Å². The van der Waals surface area contributed by atoms with Crippen molar-refractivity contribution in [3.63, 3.8) is 0 Å². The predicted octanol–water partition coefficient (Wildman–Crippen LogP) is 2.63. The molecule has 18 heavy (non-hydrogen) atoms. The zero-order valence-electron chi connectivity index (χ0n) is 11.2. The molecule has 0 bridgehead atoms. The minimum Gasteiger partial charge on any atom is -0.494 e. The molecule has 0 saturated carbocycles. The Balaban J connectivity index is 2.71. The Bertz CT molecular complexity index is 382. The number of rotatable bonds is 6. The second kappa shape index (κ2) is 6.71. The number of aliphatic hydroxyl groups is 1. The smallest absolute Gasteiger partial charge is 0.165 e. The molecule has 1 aromatic carbocycles. The summed E-state index contributed by atoms with van der Waals surface area (Å²) in [6.07, 6.45) is 0.861. The summed E-state index contributed by atoms with van der Waals surface area (Å²) in [5.41, 5.74) is 6.52. The largest absolute Gasteiger partial charge is 0.494 e. The molecule has 0 aromatic heterocycles. The van der Waals surface area contributed by atoms with E-state index in [2.05, 4.69) is 13.8 Å². The first-order chi connectivity index (χ1) is 8.45. The van der Waals surface area contributed by atoms with Crippen molar-refractivity contribution in [1.29, 1.82) is 0 Å². The van der Waals surface area contributed by atoms with Gasteiger partial charge in [0.05, 0.1) is 19.3 Å². The number of halogens is 1. The average Bonchev–Trinajstić information content (AvgIpc) is 2.34. The third-order valence-electron chi connectivity index (χ3n) is 3.02. The highest BCUT2D eigenvalue weighted by molar-refractivity contribution is 5.31. The van der Waals surface area contributed by atoms with E-state index >= 15 is 0 Å². The highest BCUT2D eigenvalue weighted by Crippen LogP contribution is 2.24. The zero-order valence-corrected chi connectivity index (χ0v) is 11.2. The van der Waals surface area contributed by atoms with Crippen molar-refractivity contribution in [3.8, 4) is 5.75 Å². The highest BCUT2D eigenvalue weighted by atomic mass is 19.1. The minimum atomic E-state index is -0.653. The Kier molecular flexibility index (Phi) is 5.56. The third-order valence-corrected chi connectivity index (χ3v) is 3.02. The van der Waals surface area contributed by atoms with Crippen LogP contribution in [0.3, 0.4) is 0 Å². The van der Waals surface area contributed by atoms with Crippen LogP contribution in [0, 0.1) is 11.7 Å². The number of methoxy groups -OCH3 is 1. The standard InChI is InChI=1S/C14H22FNO2/c1-9(2)4-6-12(17)14(16)10-5-7-13(18-3)11(15)8-10/h5,7-9,12,14,17H,4,6,16H2,1-3H3/t12-,14+/m1/s1. The summed E-state index contributed by atoms with van der Waals surface area (Å²) in [6, 6.07) is 3.97. The van der Waals surface area contributed by atoms with Gasteiger partial charge in [-0.25, -0.2) is 4.39 Å². The molecule has 0 aliphatic heterocycles. The van der Waals surface area contributed by atoms with Gasteiger partial charge < -0.3 is 15.6 Å². The van der Waals surface area contributed by atoms with Gasteiger partial charge in [0, 0.05) is 0 Å². The van der Waals surface area contributed by atoms with Gasteiger partial charge in [0.2, 0.25) is 0 Å². The van der Waals surface area contributed by atoms with Gasteiger partial charge in [-0.05, 0) is 36.5 Å². The van der Waals surface area contributed by atoms with Gasteiger partial charge in [-0.1, -0.05) is 19.9 Å². The molecule has 4 heteroatoms. The molecule has 2 atom stereocenters. The molecular weight excluding hydrogens is 233 g/mol. The highest BCUT2D eigenvalue weighted by Gasteiger charge is 2.18. The summed E-state index contributed by atoms with van der Waals surface area (Å²) in [7, 11) is 1.41. The molecule has 0 heterocycles. The first kappa shape index (κ1) is 14.9. The fraction of sp³-hybridized carbons (Fsp3) is 0.571. The van der Waals surface area contributed by atoms with Crippen LogP contribution in [-0.2, 0) is 0 Å². The van der Waals surface area contributed by atoms with Crippen LogP contribution in [0.25, 0.3) is 0 Å². The van der Waals surface area contributed by atoms with E-state index in [4.69, 9.17) is 10.5 Å². The Morgan fingerprint density at radius 1 is 1.33 bits per heavy atom. The Labute approximate surface area is 108 Å². The van der Waals surface area contributed by atoms with Crippen LogP contribution in [0.1, 0.15) is 38.3 Å². The molecule has 3 N–H and O–H groups in total. The summed E-state index contributed by atoms with van der Waals surface area (Å²) in [4.78, 5) is 0. The van der Waals surface area contributed by atoms with E-state index in [1.165, 1.54) is 19.2 Å². The minimum absolute atomic E-state index is 0.183. The van der Waals surface area contributed by atoms with E-state index in [1.807, 2.05) is 0 Å². The van der Waals surface area contributed by atoms with Gasteiger partial charge in [-0.2, -0.15) is 0 Å². The SMILES string of the molecule is COc1ccc([C@H](N)[C@H](O)CCC(C)C)cc1F. The first-order valence-electron chi connectivity index (χ1n) is 6.22. The third kappa shape index (κ3) is 3.96. The average molecular weight is 255 g/mol. The van der Waals surface area contributed by atoms with E-state index in [9.17, 15) is 9.50 Å². The lowest BCUT2D eigenvalue weighted by Gasteiger charge is -2.20. The van der Waals surface area contributed by atoms with E-state index < -0.39 is 18.0 Å². The number of nitrogens with two attached hydrogens (primary N) is 1. The number of hydrogen-bond acceptors (Lipinski definition) is 3. The number of hydrogen-bond donors (Lipinski definition) is 2. The van der Waals surface area contributed by atoms with Gasteiger partial charge in [-0.15, -0.1) is 0 Å². The fourth-order valence-electron chi connectivity index (χ4n) is 1.80. The molecule has 0 aliphatic rings. The van der Waals surface area contributed by atoms with E-state index in [0.717, 1.165) is 6.42 Å². The van der Waals surface area contributed by atoms with Crippen molar-refractivity contribution in [2.75, 3.05) is 7.11 Å². The molecule has 0 amide bonds. The van der Waals surface area contributed by atoms with Gasteiger partial charge >= 0.3 is 0 Å². The van der Waals surface area contributed by atoms with Crippen LogP contribution < -0.4 is 10.5 Å². The second-order valence-corrected chi connectivity index (χ2v) is 4.96. The van der Waals surface area contributed by atoms with Crippen molar-refractivity contribution >= 4 is 0 Å². The van der Waals surface area contributed by atoms with Crippen LogP contribution in [0.5, 0.6) is 5.75 Å². The number of benzene rings is 1. The molecular formula is C14H22FNO2. The maximum absolute atomic E-state index is 13.5. The second-order valence-electron chi connectivity index (χ2n) is 4.96. The quantitative estimate of drug-likeness (QED) is 0.821. The molecule has 0 aliphatic carbocycles. The van der Waals surface area contributed by atoms with Crippen LogP contribution in [0.15, 0.2) is 18.2 Å². The van der Waals surface area contributed by atoms with E-state index in [0.29, 0.717) is 17.9 Å². The molecule has 0 unspecified atom stereocenters. The fourth-order valence-corrected chi connectivity index (χ4v) is 1.80. The maximum Gasteiger partial charge on any atom is 0.165 e. The summed E-state index contributed by atoms with van der Waals surface area (Å²) in [5.74, 6) is 0.239. The normalized spacial score (nSPS) is 14.6. The number of ether oxygens (including phenoxy) is 1. The summed E-state index contributed by atoms with van der Waals surface area (Å²) >= 11 is 0. The molecule has 102 valence electrons. The van der Waals surface area contributed by atoms with Gasteiger partial charge in [0.15, 0.2) is 11.6 Å². The number of aliphatic hydroxyl groups excluding tert-OH is 1. The monoisotopic (exact) mass is 255 g/mol. The molecule has 1 aromatic rings. The molecule has 0 fully saturated rings. The van der Waals surface area contributed by atoms with Crippen LogP contribution in [0.4, 0.5) is 4.39 Å². The zero-order chi connectivity index (χ0) is 13.7. The molecule has 0 radical (unpaired) electrons. The summed E-state index contributed by atoms with van der Waals surface area (Å²) in [5, 5.41) is 9.96. The lowest BCUT2D eigenvalue weighted by Crippen LogP contribution is -2.26. The molecule has 0 saturated heterocycles. The molecule has 0 spiro atoms. The lowest BCUT2D eigenvalue weighted by atomic mass is 9.96. The Hall–Kier alpha value is -1.13. The topological polar surface area (TPSA) is 55.5 Å². The van der Waals surface area contributed by atoms with Crippen molar-refractivity contribution in [2.45, 2.75) is 38.8 Å². The van der Waals surface area contributed by atoms with Crippen LogP contribution >= 0.6 is 0 Å². The maximum atomic E-state index is 13.5. The van der Waals surface area contributed by atoms with Crippen molar-refractivity contribution < 1.29 is 14.2 Å². The molecule has 1 rings (SSSR count). The summed E-state index contributed by atoms with van der Waals surface area (Å²) < 4.78 is 18.4. The van der Waals surface area contributed by atoms with Crippen molar-refractivity contribution in [1.82, 2.24) is 0 Å². The van der Waals surface area contributed by atoms with E-state index in [1.54, 1.807) is 6.07 Å². The van der Waals surface area contributed by atoms with Gasteiger partial charge in [-0.3, -0.25) is 0 Å². The Morgan fingerprint density at radius 2 is 2.00 bits per heavy atom. The van der Waals surface area contributed by atoms with E-state index in [-0.39, 0.29) is 5.75 Å². The molecule has 3 nitrogen and oxygen atoms in total. The Morgan fingerprint density at radius 3 is 2.50 bits per heavy atom. The predicted molar refractivity (Wildman–Crippen MR) is 70.0 cm³/mol. The van der Waals surface area contributed by atoms with Crippen LogP contribution in [0.2, 0.25) is 0 Å². The van der Waals surface area contributed by atoms with Crippen molar-refractivity contribution in [2.24, 2.45) is 11.7 Å². The van der Waals surface area contributed by atoms with Crippen molar-refractivity contribution in [3.05, 3.63) is 29.6 Å². The lowest BCUT2D eigenvalue weighted by molar-refractivity contribution is 0.128. The summed E-state index contributed by atoms with van der Waals surface area (Å²) in [6.45, 7) is 4.18. The van der Waals surface area contributed by atoms with Gasteiger partial charge in [0.25, 0.3) is 0 Å².